The Balaban J connectivity index is 1.78. The van der Waals surface area contributed by atoms with Gasteiger partial charge < -0.3 is 9.32 Å². The standard InChI is InChI=1S/C22H23N3O3/c1-15-13-18(10-9-17-7-5-4-6-8-17)28-22(27)20(15)21(26)25(3)16(2)19-11-12-23-14-24-19/h4-8,11-14,16H,9-10H2,1-3H3. The Labute approximate surface area is 163 Å². The van der Waals surface area contributed by atoms with Gasteiger partial charge in [-0.2, -0.15) is 0 Å². The Morgan fingerprint density at radius 3 is 2.57 bits per heavy atom. The van der Waals surface area contributed by atoms with E-state index in [1.165, 1.54) is 16.8 Å². The molecule has 3 rings (SSSR count). The van der Waals surface area contributed by atoms with Crippen LogP contribution in [0, 0.1) is 6.92 Å². The summed E-state index contributed by atoms with van der Waals surface area (Å²) in [5.41, 5.74) is 1.95. The zero-order valence-corrected chi connectivity index (χ0v) is 16.3. The minimum absolute atomic E-state index is 0.0619. The molecule has 0 radical (unpaired) electrons. The fourth-order valence-electron chi connectivity index (χ4n) is 3.06. The second kappa shape index (κ2) is 8.61. The van der Waals surface area contributed by atoms with E-state index in [1.54, 1.807) is 32.3 Å². The number of carbonyl (C=O) groups is 1. The molecule has 0 aliphatic rings. The van der Waals surface area contributed by atoms with Crippen LogP contribution in [0.15, 0.2) is 64.2 Å². The number of rotatable bonds is 6. The Morgan fingerprint density at radius 1 is 1.18 bits per heavy atom. The van der Waals surface area contributed by atoms with Crippen LogP contribution in [-0.2, 0) is 12.8 Å². The number of amides is 1. The van der Waals surface area contributed by atoms with Crippen molar-refractivity contribution >= 4 is 5.91 Å². The SMILES string of the molecule is Cc1cc(CCc2ccccc2)oc(=O)c1C(=O)N(C)C(C)c1ccncn1. The minimum Gasteiger partial charge on any atom is -0.427 e. The van der Waals surface area contributed by atoms with Gasteiger partial charge in [-0.15, -0.1) is 0 Å². The molecule has 3 aromatic rings. The second-order valence-corrected chi connectivity index (χ2v) is 6.77. The molecule has 6 nitrogen and oxygen atoms in total. The average Bonchev–Trinajstić information content (AvgIpc) is 2.72. The maximum absolute atomic E-state index is 12.9. The van der Waals surface area contributed by atoms with Gasteiger partial charge in [0, 0.05) is 19.7 Å². The van der Waals surface area contributed by atoms with Crippen molar-refractivity contribution in [3.05, 3.63) is 93.6 Å². The fraction of sp³-hybridized carbons (Fsp3) is 0.273. The molecule has 0 spiro atoms. The van der Waals surface area contributed by atoms with E-state index < -0.39 is 5.63 Å². The summed E-state index contributed by atoms with van der Waals surface area (Å²) < 4.78 is 5.44. The van der Waals surface area contributed by atoms with Crippen LogP contribution in [-0.4, -0.2) is 27.8 Å². The number of aryl methyl sites for hydroxylation is 3. The lowest BCUT2D eigenvalue weighted by Crippen LogP contribution is -2.34. The maximum Gasteiger partial charge on any atom is 0.349 e. The molecule has 1 aromatic carbocycles. The molecule has 0 aliphatic heterocycles. The maximum atomic E-state index is 12.9. The van der Waals surface area contributed by atoms with Gasteiger partial charge in [-0.25, -0.2) is 14.8 Å². The highest BCUT2D eigenvalue weighted by molar-refractivity contribution is 5.95. The van der Waals surface area contributed by atoms with Crippen LogP contribution in [0.4, 0.5) is 0 Å². The molecule has 0 fully saturated rings. The monoisotopic (exact) mass is 377 g/mol. The molecule has 0 bridgehead atoms. The molecule has 0 saturated heterocycles. The van der Waals surface area contributed by atoms with Crippen molar-refractivity contribution < 1.29 is 9.21 Å². The molecule has 2 aromatic heterocycles. The topological polar surface area (TPSA) is 76.3 Å². The molecule has 6 heteroatoms. The Morgan fingerprint density at radius 2 is 1.93 bits per heavy atom. The summed E-state index contributed by atoms with van der Waals surface area (Å²) in [6.45, 7) is 3.62. The van der Waals surface area contributed by atoms with E-state index in [9.17, 15) is 9.59 Å². The van der Waals surface area contributed by atoms with Gasteiger partial charge in [-0.1, -0.05) is 30.3 Å². The normalized spacial score (nSPS) is 11.8. The van der Waals surface area contributed by atoms with E-state index in [1.807, 2.05) is 37.3 Å². The van der Waals surface area contributed by atoms with Gasteiger partial charge in [-0.05, 0) is 43.5 Å². The fourth-order valence-corrected chi connectivity index (χ4v) is 3.06. The smallest absolute Gasteiger partial charge is 0.349 e. The van der Waals surface area contributed by atoms with Crippen LogP contribution in [0.3, 0.4) is 0 Å². The Hall–Kier alpha value is -3.28. The van der Waals surface area contributed by atoms with Crippen LogP contribution < -0.4 is 5.63 Å². The second-order valence-electron chi connectivity index (χ2n) is 6.77. The molecule has 0 saturated carbocycles. The van der Waals surface area contributed by atoms with Crippen LogP contribution in [0.25, 0.3) is 0 Å². The first-order valence-corrected chi connectivity index (χ1v) is 9.18. The van der Waals surface area contributed by atoms with Crippen LogP contribution >= 0.6 is 0 Å². The van der Waals surface area contributed by atoms with Gasteiger partial charge in [0.15, 0.2) is 0 Å². The summed E-state index contributed by atoms with van der Waals surface area (Å²) in [7, 11) is 1.65. The Bertz CT molecular complexity index is 1000. The van der Waals surface area contributed by atoms with E-state index in [-0.39, 0.29) is 17.5 Å². The molecular formula is C22H23N3O3. The largest absolute Gasteiger partial charge is 0.427 e. The molecular weight excluding hydrogens is 354 g/mol. The number of hydrogen-bond donors (Lipinski definition) is 0. The van der Waals surface area contributed by atoms with Gasteiger partial charge in [0.25, 0.3) is 5.91 Å². The molecule has 0 aliphatic carbocycles. The predicted octanol–water partition coefficient (Wildman–Crippen LogP) is 3.36. The third-order valence-corrected chi connectivity index (χ3v) is 4.85. The summed E-state index contributed by atoms with van der Waals surface area (Å²) in [6.07, 6.45) is 4.42. The number of benzene rings is 1. The van der Waals surface area contributed by atoms with Gasteiger partial charge in [-0.3, -0.25) is 4.79 Å². The molecule has 1 atom stereocenters. The zero-order valence-electron chi connectivity index (χ0n) is 16.3. The molecule has 144 valence electrons. The van der Waals surface area contributed by atoms with Gasteiger partial charge in [0.2, 0.25) is 0 Å². The molecule has 2 heterocycles. The molecule has 28 heavy (non-hydrogen) atoms. The molecule has 0 N–H and O–H groups in total. The van der Waals surface area contributed by atoms with E-state index in [4.69, 9.17) is 4.42 Å². The van der Waals surface area contributed by atoms with Crippen molar-refractivity contribution in [2.45, 2.75) is 32.7 Å². The van der Waals surface area contributed by atoms with Gasteiger partial charge in [0.05, 0.1) is 11.7 Å². The predicted molar refractivity (Wildman–Crippen MR) is 106 cm³/mol. The summed E-state index contributed by atoms with van der Waals surface area (Å²) in [5, 5.41) is 0. The lowest BCUT2D eigenvalue weighted by molar-refractivity contribution is 0.0733. The number of carbonyl (C=O) groups excluding carboxylic acids is 1. The molecule has 1 amide bonds. The summed E-state index contributed by atoms with van der Waals surface area (Å²) in [6, 6.07) is 13.2. The highest BCUT2D eigenvalue weighted by Gasteiger charge is 2.25. The first-order chi connectivity index (χ1) is 13.5. The average molecular weight is 377 g/mol. The van der Waals surface area contributed by atoms with Crippen molar-refractivity contribution in [2.24, 2.45) is 0 Å². The van der Waals surface area contributed by atoms with E-state index in [0.29, 0.717) is 23.4 Å². The van der Waals surface area contributed by atoms with E-state index in [0.717, 1.165) is 6.42 Å². The quantitative estimate of drug-likeness (QED) is 0.658. The lowest BCUT2D eigenvalue weighted by Gasteiger charge is -2.24. The molecule has 1 unspecified atom stereocenters. The van der Waals surface area contributed by atoms with E-state index >= 15 is 0 Å². The number of hydrogen-bond acceptors (Lipinski definition) is 5. The van der Waals surface area contributed by atoms with E-state index in [2.05, 4.69) is 9.97 Å². The third kappa shape index (κ3) is 4.34. The summed E-state index contributed by atoms with van der Waals surface area (Å²) in [5.74, 6) is 0.196. The van der Waals surface area contributed by atoms with Crippen LogP contribution in [0.2, 0.25) is 0 Å². The van der Waals surface area contributed by atoms with Crippen molar-refractivity contribution in [3.63, 3.8) is 0 Å². The van der Waals surface area contributed by atoms with Crippen molar-refractivity contribution in [1.29, 1.82) is 0 Å². The van der Waals surface area contributed by atoms with Crippen molar-refractivity contribution in [2.75, 3.05) is 7.05 Å². The highest BCUT2D eigenvalue weighted by Crippen LogP contribution is 2.19. The number of nitrogens with zero attached hydrogens (tertiary/aromatic N) is 3. The Kier molecular flexibility index (Phi) is 5.99. The lowest BCUT2D eigenvalue weighted by atomic mass is 10.1. The first-order valence-electron chi connectivity index (χ1n) is 9.18. The highest BCUT2D eigenvalue weighted by atomic mass is 16.4. The minimum atomic E-state index is -0.602. The summed E-state index contributed by atoms with van der Waals surface area (Å²) >= 11 is 0. The first kappa shape index (κ1) is 19.5. The van der Waals surface area contributed by atoms with Crippen LogP contribution in [0.1, 0.15) is 45.9 Å². The zero-order chi connectivity index (χ0) is 20.1. The van der Waals surface area contributed by atoms with Crippen LogP contribution in [0.5, 0.6) is 0 Å². The number of aromatic nitrogens is 2. The van der Waals surface area contributed by atoms with Gasteiger partial charge in [0.1, 0.15) is 17.7 Å². The van der Waals surface area contributed by atoms with Crippen molar-refractivity contribution in [3.8, 4) is 0 Å². The van der Waals surface area contributed by atoms with Gasteiger partial charge >= 0.3 is 5.63 Å². The third-order valence-electron chi connectivity index (χ3n) is 4.85. The van der Waals surface area contributed by atoms with Crippen molar-refractivity contribution in [1.82, 2.24) is 14.9 Å². The summed E-state index contributed by atoms with van der Waals surface area (Å²) in [4.78, 5) is 35.0.